The van der Waals surface area contributed by atoms with Gasteiger partial charge in [0.15, 0.2) is 0 Å². The minimum atomic E-state index is -0.0226. The fraction of sp³-hybridized carbons (Fsp3) is 0.250. The van der Waals surface area contributed by atoms with Gasteiger partial charge in [0.2, 0.25) is 0 Å². The van der Waals surface area contributed by atoms with Gasteiger partial charge in [-0.1, -0.05) is 30.3 Å². The zero-order chi connectivity index (χ0) is 13.8. The fourth-order valence-electron chi connectivity index (χ4n) is 2.46. The van der Waals surface area contributed by atoms with Gasteiger partial charge < -0.3 is 9.64 Å². The van der Waals surface area contributed by atoms with Crippen molar-refractivity contribution >= 4 is 5.91 Å². The minimum absolute atomic E-state index is 0.0226. The van der Waals surface area contributed by atoms with E-state index in [2.05, 4.69) is 4.98 Å². The van der Waals surface area contributed by atoms with Gasteiger partial charge in [-0.3, -0.25) is 9.78 Å². The number of hydrogen-bond acceptors (Lipinski definition) is 3. The van der Waals surface area contributed by atoms with E-state index in [1.54, 1.807) is 24.5 Å². The number of aromatic nitrogens is 1. The van der Waals surface area contributed by atoms with Crippen LogP contribution < -0.4 is 0 Å². The molecule has 3 rings (SSSR count). The first kappa shape index (κ1) is 12.8. The SMILES string of the molecule is O=C(c1ccncc1)N1CCOCC1c1ccccc1. The Morgan fingerprint density at radius 1 is 1.15 bits per heavy atom. The van der Waals surface area contributed by atoms with Crippen molar-refractivity contribution in [3.63, 3.8) is 0 Å². The zero-order valence-electron chi connectivity index (χ0n) is 11.1. The van der Waals surface area contributed by atoms with Crippen molar-refractivity contribution in [2.45, 2.75) is 6.04 Å². The maximum absolute atomic E-state index is 12.6. The number of ether oxygens (including phenoxy) is 1. The first-order valence-electron chi connectivity index (χ1n) is 6.70. The molecule has 1 aromatic heterocycles. The average Bonchev–Trinajstić information content (AvgIpc) is 2.56. The van der Waals surface area contributed by atoms with E-state index in [0.717, 1.165) is 5.56 Å². The summed E-state index contributed by atoms with van der Waals surface area (Å²) in [5.74, 6) is 0.0320. The number of carbonyl (C=O) groups excluding carboxylic acids is 1. The molecule has 1 aromatic carbocycles. The van der Waals surface area contributed by atoms with Crippen molar-refractivity contribution < 1.29 is 9.53 Å². The van der Waals surface area contributed by atoms with Crippen molar-refractivity contribution in [2.75, 3.05) is 19.8 Å². The lowest BCUT2D eigenvalue weighted by Crippen LogP contribution is -2.43. The summed E-state index contributed by atoms with van der Waals surface area (Å²) < 4.78 is 5.55. The van der Waals surface area contributed by atoms with E-state index >= 15 is 0 Å². The summed E-state index contributed by atoms with van der Waals surface area (Å²) in [4.78, 5) is 18.5. The molecule has 1 fully saturated rings. The lowest BCUT2D eigenvalue weighted by atomic mass is 10.0. The molecule has 102 valence electrons. The van der Waals surface area contributed by atoms with E-state index in [1.807, 2.05) is 35.2 Å². The minimum Gasteiger partial charge on any atom is -0.377 e. The highest BCUT2D eigenvalue weighted by atomic mass is 16.5. The lowest BCUT2D eigenvalue weighted by Gasteiger charge is -2.36. The number of amides is 1. The first-order valence-corrected chi connectivity index (χ1v) is 6.70. The van der Waals surface area contributed by atoms with Crippen molar-refractivity contribution in [3.8, 4) is 0 Å². The highest BCUT2D eigenvalue weighted by Gasteiger charge is 2.29. The van der Waals surface area contributed by atoms with E-state index in [1.165, 1.54) is 0 Å². The molecule has 1 saturated heterocycles. The maximum Gasteiger partial charge on any atom is 0.254 e. The molecule has 0 spiro atoms. The topological polar surface area (TPSA) is 42.4 Å². The molecule has 0 bridgehead atoms. The average molecular weight is 268 g/mol. The van der Waals surface area contributed by atoms with Crippen molar-refractivity contribution in [2.24, 2.45) is 0 Å². The third kappa shape index (κ3) is 2.56. The normalized spacial score (nSPS) is 18.8. The quantitative estimate of drug-likeness (QED) is 0.839. The molecule has 1 amide bonds. The number of benzene rings is 1. The molecular formula is C16H16N2O2. The van der Waals surface area contributed by atoms with E-state index < -0.39 is 0 Å². The Balaban J connectivity index is 1.88. The van der Waals surface area contributed by atoms with Gasteiger partial charge in [-0.05, 0) is 17.7 Å². The van der Waals surface area contributed by atoms with Crippen molar-refractivity contribution in [3.05, 3.63) is 66.0 Å². The Morgan fingerprint density at radius 2 is 1.90 bits per heavy atom. The van der Waals surface area contributed by atoms with Crippen molar-refractivity contribution in [1.82, 2.24) is 9.88 Å². The van der Waals surface area contributed by atoms with Gasteiger partial charge in [-0.2, -0.15) is 0 Å². The molecular weight excluding hydrogens is 252 g/mol. The van der Waals surface area contributed by atoms with Crippen LogP contribution in [0, 0.1) is 0 Å². The van der Waals surface area contributed by atoms with Crippen LogP contribution in [0.4, 0.5) is 0 Å². The highest BCUT2D eigenvalue weighted by molar-refractivity contribution is 5.94. The molecule has 1 atom stereocenters. The molecule has 1 aliphatic heterocycles. The number of hydrogen-bond donors (Lipinski definition) is 0. The third-order valence-electron chi connectivity index (χ3n) is 3.50. The van der Waals surface area contributed by atoms with Gasteiger partial charge in [0.1, 0.15) is 0 Å². The Hall–Kier alpha value is -2.20. The standard InChI is InChI=1S/C16H16N2O2/c19-16(14-6-8-17-9-7-14)18-10-11-20-12-15(18)13-4-2-1-3-5-13/h1-9,15H,10-12H2. The summed E-state index contributed by atoms with van der Waals surface area (Å²) in [6.07, 6.45) is 3.29. The molecule has 0 radical (unpaired) electrons. The van der Waals surface area contributed by atoms with Crippen LogP contribution in [0.5, 0.6) is 0 Å². The van der Waals surface area contributed by atoms with E-state index in [9.17, 15) is 4.79 Å². The molecule has 1 unspecified atom stereocenters. The van der Waals surface area contributed by atoms with Crippen LogP contribution in [-0.4, -0.2) is 35.5 Å². The van der Waals surface area contributed by atoms with Gasteiger partial charge in [-0.15, -0.1) is 0 Å². The first-order chi connectivity index (χ1) is 9.86. The predicted octanol–water partition coefficient (Wildman–Crippen LogP) is 2.30. The molecule has 1 aliphatic rings. The largest absolute Gasteiger partial charge is 0.377 e. The van der Waals surface area contributed by atoms with Crippen LogP contribution in [0.3, 0.4) is 0 Å². The molecule has 0 N–H and O–H groups in total. The van der Waals surface area contributed by atoms with Gasteiger partial charge in [0.25, 0.3) is 5.91 Å². The van der Waals surface area contributed by atoms with Crippen molar-refractivity contribution in [1.29, 1.82) is 0 Å². The highest BCUT2D eigenvalue weighted by Crippen LogP contribution is 2.25. The van der Waals surface area contributed by atoms with Crippen LogP contribution in [0.1, 0.15) is 22.0 Å². The van der Waals surface area contributed by atoms with Gasteiger partial charge in [0, 0.05) is 24.5 Å². The number of nitrogens with zero attached hydrogens (tertiary/aromatic N) is 2. The van der Waals surface area contributed by atoms with Crippen LogP contribution >= 0.6 is 0 Å². The second kappa shape index (κ2) is 5.84. The zero-order valence-corrected chi connectivity index (χ0v) is 11.1. The molecule has 20 heavy (non-hydrogen) atoms. The van der Waals surface area contributed by atoms with Gasteiger partial charge in [0.05, 0.1) is 19.3 Å². The monoisotopic (exact) mass is 268 g/mol. The summed E-state index contributed by atoms with van der Waals surface area (Å²) in [6, 6.07) is 13.5. The Kier molecular flexibility index (Phi) is 3.74. The smallest absolute Gasteiger partial charge is 0.254 e. The molecule has 4 nitrogen and oxygen atoms in total. The van der Waals surface area contributed by atoms with Crippen LogP contribution in [0.25, 0.3) is 0 Å². The maximum atomic E-state index is 12.6. The second-order valence-corrected chi connectivity index (χ2v) is 4.74. The van der Waals surface area contributed by atoms with Crippen LogP contribution in [0.2, 0.25) is 0 Å². The second-order valence-electron chi connectivity index (χ2n) is 4.74. The molecule has 2 aromatic rings. The summed E-state index contributed by atoms with van der Waals surface area (Å²) in [7, 11) is 0. The Morgan fingerprint density at radius 3 is 2.65 bits per heavy atom. The van der Waals surface area contributed by atoms with Crippen LogP contribution in [-0.2, 0) is 4.74 Å². The van der Waals surface area contributed by atoms with E-state index in [0.29, 0.717) is 25.3 Å². The predicted molar refractivity (Wildman–Crippen MR) is 75.3 cm³/mol. The molecule has 2 heterocycles. The Bertz CT molecular complexity index is 572. The summed E-state index contributed by atoms with van der Waals surface area (Å²) in [5, 5.41) is 0. The summed E-state index contributed by atoms with van der Waals surface area (Å²) in [5.41, 5.74) is 1.78. The number of morpholine rings is 1. The fourth-order valence-corrected chi connectivity index (χ4v) is 2.46. The van der Waals surface area contributed by atoms with Gasteiger partial charge >= 0.3 is 0 Å². The van der Waals surface area contributed by atoms with E-state index in [-0.39, 0.29) is 11.9 Å². The van der Waals surface area contributed by atoms with Crippen LogP contribution in [0.15, 0.2) is 54.9 Å². The Labute approximate surface area is 118 Å². The number of rotatable bonds is 2. The van der Waals surface area contributed by atoms with Gasteiger partial charge in [-0.25, -0.2) is 0 Å². The third-order valence-corrected chi connectivity index (χ3v) is 3.50. The molecule has 0 saturated carbocycles. The number of pyridine rings is 1. The lowest BCUT2D eigenvalue weighted by molar-refractivity contribution is -0.00270. The summed E-state index contributed by atoms with van der Waals surface area (Å²) >= 11 is 0. The van der Waals surface area contributed by atoms with E-state index in [4.69, 9.17) is 4.74 Å². The molecule has 0 aliphatic carbocycles. The summed E-state index contributed by atoms with van der Waals surface area (Å²) in [6.45, 7) is 1.74. The number of carbonyl (C=O) groups is 1. The molecule has 4 heteroatoms.